The van der Waals surface area contributed by atoms with Crippen molar-refractivity contribution in [3.63, 3.8) is 0 Å². The average Bonchev–Trinajstić information content (AvgIpc) is 2.28. The van der Waals surface area contributed by atoms with Crippen molar-refractivity contribution in [1.82, 2.24) is 0 Å². The number of hydrogen-bond acceptors (Lipinski definition) is 2. The minimum Gasteiger partial charge on any atom is -0.349 e. The molecule has 1 rings (SSSR count). The summed E-state index contributed by atoms with van der Waals surface area (Å²) in [7, 11) is 0. The van der Waals surface area contributed by atoms with Gasteiger partial charge in [0.2, 0.25) is 0 Å². The molecule has 0 spiro atoms. The smallest absolute Gasteiger partial charge is 0.162 e. The van der Waals surface area contributed by atoms with Gasteiger partial charge in [-0.3, -0.25) is 0 Å². The van der Waals surface area contributed by atoms with E-state index in [-0.39, 0.29) is 23.2 Å². The Balaban J connectivity index is 2.55. The topological polar surface area (TPSA) is 18.5 Å². The van der Waals surface area contributed by atoms with Crippen molar-refractivity contribution >= 4 is 0 Å². The molecule has 2 nitrogen and oxygen atoms in total. The largest absolute Gasteiger partial charge is 0.349 e. The maximum atomic E-state index is 5.87. The van der Waals surface area contributed by atoms with Gasteiger partial charge in [-0.1, -0.05) is 41.5 Å². The summed E-state index contributed by atoms with van der Waals surface area (Å²) in [4.78, 5) is 0. The van der Waals surface area contributed by atoms with Crippen molar-refractivity contribution in [2.24, 2.45) is 10.8 Å². The van der Waals surface area contributed by atoms with Gasteiger partial charge in [-0.15, -0.1) is 0 Å². The van der Waals surface area contributed by atoms with Crippen LogP contribution in [0.5, 0.6) is 0 Å². The number of rotatable bonds is 0. The molecule has 2 atom stereocenters. The summed E-state index contributed by atoms with van der Waals surface area (Å²) in [6, 6.07) is 0. The van der Waals surface area contributed by atoms with Gasteiger partial charge < -0.3 is 9.47 Å². The molecule has 1 heterocycles. The van der Waals surface area contributed by atoms with Crippen LogP contribution in [0.25, 0.3) is 0 Å². The molecule has 0 aliphatic carbocycles. The van der Waals surface area contributed by atoms with Crippen molar-refractivity contribution in [1.29, 1.82) is 0 Å². The highest BCUT2D eigenvalue weighted by Crippen LogP contribution is 2.35. The summed E-state index contributed by atoms with van der Waals surface area (Å²) in [6.07, 6.45) is 0.188. The van der Waals surface area contributed by atoms with Crippen molar-refractivity contribution in [3.05, 3.63) is 0 Å². The Labute approximate surface area is 81.6 Å². The van der Waals surface area contributed by atoms with Crippen LogP contribution in [-0.2, 0) is 9.47 Å². The monoisotopic (exact) mass is 186 g/mol. The van der Waals surface area contributed by atoms with Crippen molar-refractivity contribution < 1.29 is 9.47 Å². The van der Waals surface area contributed by atoms with Crippen molar-refractivity contribution in [2.75, 3.05) is 6.61 Å². The minimum atomic E-state index is -0.0447. The van der Waals surface area contributed by atoms with Gasteiger partial charge >= 0.3 is 0 Å². The molecule has 2 unspecified atom stereocenters. The molecule has 1 aliphatic rings. The van der Waals surface area contributed by atoms with E-state index in [1.807, 2.05) is 0 Å². The van der Waals surface area contributed by atoms with Gasteiger partial charge in [0, 0.05) is 5.41 Å². The third-order valence-electron chi connectivity index (χ3n) is 2.36. The Morgan fingerprint density at radius 3 is 1.69 bits per heavy atom. The third kappa shape index (κ3) is 2.68. The first-order valence-electron chi connectivity index (χ1n) is 4.98. The highest BCUT2D eigenvalue weighted by atomic mass is 16.7. The molecular weight excluding hydrogens is 164 g/mol. The molecule has 0 bridgehead atoms. The van der Waals surface area contributed by atoms with Gasteiger partial charge in [0.05, 0.1) is 12.7 Å². The standard InChI is InChI=1S/C11H22O2/c1-10(2,3)8-7-12-9(13-8)11(4,5)6/h8-9H,7H2,1-6H3. The molecule has 13 heavy (non-hydrogen) atoms. The highest BCUT2D eigenvalue weighted by molar-refractivity contribution is 4.81. The van der Waals surface area contributed by atoms with Gasteiger partial charge in [0.15, 0.2) is 6.29 Å². The first kappa shape index (κ1) is 11.0. The Bertz CT molecular complexity index is 154. The fourth-order valence-electron chi connectivity index (χ4n) is 1.31. The average molecular weight is 186 g/mol. The second kappa shape index (κ2) is 3.25. The first-order valence-corrected chi connectivity index (χ1v) is 4.98. The lowest BCUT2D eigenvalue weighted by atomic mass is 9.89. The Morgan fingerprint density at radius 1 is 0.923 bits per heavy atom. The van der Waals surface area contributed by atoms with E-state index in [4.69, 9.17) is 9.47 Å². The van der Waals surface area contributed by atoms with Crippen LogP contribution in [-0.4, -0.2) is 19.0 Å². The van der Waals surface area contributed by atoms with E-state index in [0.717, 1.165) is 6.61 Å². The van der Waals surface area contributed by atoms with Crippen LogP contribution in [0.4, 0.5) is 0 Å². The zero-order valence-electron chi connectivity index (χ0n) is 9.68. The lowest BCUT2D eigenvalue weighted by Gasteiger charge is -2.29. The van der Waals surface area contributed by atoms with E-state index in [1.54, 1.807) is 0 Å². The van der Waals surface area contributed by atoms with Crippen molar-refractivity contribution in [2.45, 2.75) is 53.9 Å². The molecule has 0 aromatic rings. The van der Waals surface area contributed by atoms with E-state index in [1.165, 1.54) is 0 Å². The van der Waals surface area contributed by atoms with Gasteiger partial charge in [0.25, 0.3) is 0 Å². The minimum absolute atomic E-state index is 0.0447. The Kier molecular flexibility index (Phi) is 2.75. The van der Waals surface area contributed by atoms with E-state index < -0.39 is 0 Å². The van der Waals surface area contributed by atoms with Crippen LogP contribution in [0.3, 0.4) is 0 Å². The summed E-state index contributed by atoms with van der Waals surface area (Å²) in [6.45, 7) is 13.7. The lowest BCUT2D eigenvalue weighted by Crippen LogP contribution is -2.32. The molecule has 1 fully saturated rings. The number of ether oxygens (including phenoxy) is 2. The zero-order valence-corrected chi connectivity index (χ0v) is 9.68. The summed E-state index contributed by atoms with van der Waals surface area (Å²) in [5.41, 5.74) is 0.264. The molecule has 0 aromatic heterocycles. The van der Waals surface area contributed by atoms with Crippen LogP contribution in [0.1, 0.15) is 41.5 Å². The molecule has 0 N–H and O–H groups in total. The summed E-state index contributed by atoms with van der Waals surface area (Å²) in [5.74, 6) is 0. The fourth-order valence-corrected chi connectivity index (χ4v) is 1.31. The molecule has 1 aliphatic heterocycles. The van der Waals surface area contributed by atoms with Crippen LogP contribution in [0, 0.1) is 10.8 Å². The van der Waals surface area contributed by atoms with Crippen LogP contribution < -0.4 is 0 Å². The molecule has 0 radical (unpaired) electrons. The fraction of sp³-hybridized carbons (Fsp3) is 1.00. The maximum Gasteiger partial charge on any atom is 0.162 e. The Hall–Kier alpha value is -0.0800. The van der Waals surface area contributed by atoms with Crippen LogP contribution >= 0.6 is 0 Å². The van der Waals surface area contributed by atoms with E-state index in [2.05, 4.69) is 41.5 Å². The summed E-state index contributed by atoms with van der Waals surface area (Å²) in [5, 5.41) is 0. The summed E-state index contributed by atoms with van der Waals surface area (Å²) < 4.78 is 11.5. The molecule has 0 saturated carbocycles. The van der Waals surface area contributed by atoms with E-state index in [0.29, 0.717) is 0 Å². The quantitative estimate of drug-likeness (QED) is 0.579. The van der Waals surface area contributed by atoms with Gasteiger partial charge in [-0.05, 0) is 5.41 Å². The van der Waals surface area contributed by atoms with E-state index in [9.17, 15) is 0 Å². The second-order valence-electron chi connectivity index (χ2n) is 6.02. The molecule has 0 aromatic carbocycles. The first-order chi connectivity index (χ1) is 5.71. The molecule has 0 amide bonds. The van der Waals surface area contributed by atoms with Gasteiger partial charge in [-0.25, -0.2) is 0 Å². The van der Waals surface area contributed by atoms with Crippen LogP contribution in [0.15, 0.2) is 0 Å². The lowest BCUT2D eigenvalue weighted by molar-refractivity contribution is -0.135. The SMILES string of the molecule is CC(C)(C)C1COC(C(C)(C)C)O1. The zero-order chi connectivity index (χ0) is 10.3. The molecular formula is C11H22O2. The predicted molar refractivity (Wildman–Crippen MR) is 53.5 cm³/mol. The molecule has 1 saturated heterocycles. The van der Waals surface area contributed by atoms with Gasteiger partial charge in [0.1, 0.15) is 0 Å². The maximum absolute atomic E-state index is 5.87. The highest BCUT2D eigenvalue weighted by Gasteiger charge is 2.39. The van der Waals surface area contributed by atoms with E-state index >= 15 is 0 Å². The number of hydrogen-bond donors (Lipinski definition) is 0. The Morgan fingerprint density at radius 2 is 1.46 bits per heavy atom. The van der Waals surface area contributed by atoms with Crippen molar-refractivity contribution in [3.8, 4) is 0 Å². The molecule has 78 valence electrons. The third-order valence-corrected chi connectivity index (χ3v) is 2.36. The second-order valence-corrected chi connectivity index (χ2v) is 6.02. The van der Waals surface area contributed by atoms with Gasteiger partial charge in [-0.2, -0.15) is 0 Å². The normalized spacial score (nSPS) is 30.9. The predicted octanol–water partition coefficient (Wildman–Crippen LogP) is 2.82. The molecule has 2 heteroatoms. The summed E-state index contributed by atoms with van der Waals surface area (Å²) >= 11 is 0. The van der Waals surface area contributed by atoms with Crippen LogP contribution in [0.2, 0.25) is 0 Å².